The van der Waals surface area contributed by atoms with Gasteiger partial charge in [0.1, 0.15) is 0 Å². The highest BCUT2D eigenvalue weighted by Gasteiger charge is 1.61. The van der Waals surface area contributed by atoms with E-state index in [0.717, 1.165) is 0 Å². The summed E-state index contributed by atoms with van der Waals surface area (Å²) in [6.07, 6.45) is 6.10. The summed E-state index contributed by atoms with van der Waals surface area (Å²) in [5, 5.41) is 22.4. The van der Waals surface area contributed by atoms with Gasteiger partial charge in [0, 0.05) is 0 Å². The number of aromatic nitrogens is 7. The van der Waals surface area contributed by atoms with Gasteiger partial charge in [0.15, 0.2) is 0 Å². The van der Waals surface area contributed by atoms with Gasteiger partial charge in [-0.05, 0) is 10.4 Å². The van der Waals surface area contributed by atoms with Crippen molar-refractivity contribution >= 4 is 0 Å². The second-order valence-corrected chi connectivity index (χ2v) is 1.36. The Labute approximate surface area is 61.9 Å². The molecule has 0 saturated heterocycles. The molecule has 0 radical (unpaired) electrons. The van der Waals surface area contributed by atoms with Gasteiger partial charge in [0.25, 0.3) is 0 Å². The third kappa shape index (κ3) is 3.62. The molecule has 0 spiro atoms. The van der Waals surface area contributed by atoms with Crippen molar-refractivity contribution in [3.05, 3.63) is 24.8 Å². The molecule has 56 valence electrons. The van der Waals surface area contributed by atoms with Gasteiger partial charge < -0.3 is 0 Å². The largest absolute Gasteiger partial charge is 0.198 e. The maximum Gasteiger partial charge on any atom is 0.0716 e. The van der Waals surface area contributed by atoms with E-state index in [1.54, 1.807) is 12.4 Å². The number of rotatable bonds is 0. The van der Waals surface area contributed by atoms with Gasteiger partial charge in [-0.15, -0.1) is 10.2 Å². The van der Waals surface area contributed by atoms with Gasteiger partial charge in [0.05, 0.1) is 24.8 Å². The molecule has 0 aromatic carbocycles. The van der Waals surface area contributed by atoms with E-state index in [1.165, 1.54) is 12.4 Å². The molecule has 2 heterocycles. The van der Waals surface area contributed by atoms with E-state index in [0.29, 0.717) is 0 Å². The van der Waals surface area contributed by atoms with Gasteiger partial charge in [-0.3, -0.25) is 0 Å². The number of aromatic amines is 1. The average Bonchev–Trinajstić information content (AvgIpc) is 2.64. The number of hydrogen-bond donors (Lipinski definition) is 1. The second-order valence-electron chi connectivity index (χ2n) is 1.36. The molecule has 1 N–H and O–H groups in total. The van der Waals surface area contributed by atoms with Crippen LogP contribution in [0, 0.1) is 0 Å². The maximum absolute atomic E-state index is 3.49. The summed E-state index contributed by atoms with van der Waals surface area (Å²) < 4.78 is 0. The quantitative estimate of drug-likeness (QED) is 0.523. The summed E-state index contributed by atoms with van der Waals surface area (Å²) in [5.41, 5.74) is 0. The lowest BCUT2D eigenvalue weighted by Crippen LogP contribution is -1.84. The fraction of sp³-hybridized carbons (Fsp3) is 0. The van der Waals surface area contributed by atoms with Gasteiger partial charge >= 0.3 is 0 Å². The van der Waals surface area contributed by atoms with Crippen molar-refractivity contribution in [3.63, 3.8) is 0 Å². The van der Waals surface area contributed by atoms with E-state index in [2.05, 4.69) is 36.0 Å². The minimum atomic E-state index is 1.47. The fourth-order valence-electron chi connectivity index (χ4n) is 0.332. The van der Waals surface area contributed by atoms with Crippen molar-refractivity contribution in [2.45, 2.75) is 0 Å². The lowest BCUT2D eigenvalue weighted by atomic mass is 11.0. The van der Waals surface area contributed by atoms with Crippen LogP contribution in [0.25, 0.3) is 0 Å². The Morgan fingerprint density at radius 2 is 1.27 bits per heavy atom. The Kier molecular flexibility index (Phi) is 3.21. The molecule has 0 unspecified atom stereocenters. The summed E-state index contributed by atoms with van der Waals surface area (Å²) in [5.74, 6) is 0. The summed E-state index contributed by atoms with van der Waals surface area (Å²) in [4.78, 5) is 0. The highest BCUT2D eigenvalue weighted by molar-refractivity contribution is 4.55. The zero-order valence-electron chi connectivity index (χ0n) is 5.49. The Bertz CT molecular complexity index is 196. The van der Waals surface area contributed by atoms with Crippen molar-refractivity contribution < 1.29 is 0 Å². The highest BCUT2D eigenvalue weighted by atomic mass is 15.4. The van der Waals surface area contributed by atoms with Crippen LogP contribution >= 0.6 is 0 Å². The molecule has 11 heavy (non-hydrogen) atoms. The fourth-order valence-corrected chi connectivity index (χ4v) is 0.332. The molecule has 0 aliphatic carbocycles. The standard InChI is InChI=1S/C2H2N4.C2H3N3/c1-2-4-6-5-3-1;1-2-4-5-3-1/h1-2H;1-2H,(H,3,4,5). The van der Waals surface area contributed by atoms with E-state index >= 15 is 0 Å². The smallest absolute Gasteiger partial charge is 0.0716 e. The van der Waals surface area contributed by atoms with Crippen molar-refractivity contribution in [2.75, 3.05) is 0 Å². The molecule has 2 aromatic rings. The number of nitrogens with zero attached hydrogens (tertiary/aromatic N) is 6. The molecule has 0 aliphatic heterocycles. The van der Waals surface area contributed by atoms with E-state index in [1.807, 2.05) is 0 Å². The van der Waals surface area contributed by atoms with E-state index in [-0.39, 0.29) is 0 Å². The van der Waals surface area contributed by atoms with Crippen molar-refractivity contribution in [1.82, 2.24) is 36.0 Å². The third-order valence-corrected chi connectivity index (χ3v) is 0.674. The minimum Gasteiger partial charge on any atom is -0.198 e. The number of hydrogen-bond acceptors (Lipinski definition) is 6. The number of nitrogens with one attached hydrogen (secondary N) is 1. The first-order chi connectivity index (χ1) is 5.50. The molecule has 2 rings (SSSR count). The summed E-state index contributed by atoms with van der Waals surface area (Å²) >= 11 is 0. The van der Waals surface area contributed by atoms with Crippen LogP contribution in [0.5, 0.6) is 0 Å². The van der Waals surface area contributed by atoms with Crippen LogP contribution in [-0.4, -0.2) is 36.0 Å². The molecule has 0 atom stereocenters. The molecule has 0 amide bonds. The predicted octanol–water partition coefficient (Wildman–Crippen LogP) is -0.929. The lowest BCUT2D eigenvalue weighted by molar-refractivity contribution is 0.761. The van der Waals surface area contributed by atoms with Crippen molar-refractivity contribution in [3.8, 4) is 0 Å². The molecule has 0 saturated carbocycles. The SMILES string of the molecule is c1cn[nH]n1.c1cnnnn1. The Balaban J connectivity index is 0.000000112. The molecule has 0 fully saturated rings. The van der Waals surface area contributed by atoms with Gasteiger partial charge in [-0.2, -0.15) is 15.4 Å². The normalized spacial score (nSPS) is 8.00. The van der Waals surface area contributed by atoms with Crippen molar-refractivity contribution in [2.24, 2.45) is 0 Å². The maximum atomic E-state index is 3.49. The molecule has 0 bridgehead atoms. The monoisotopic (exact) mass is 151 g/mol. The van der Waals surface area contributed by atoms with Crippen LogP contribution in [0.1, 0.15) is 0 Å². The first kappa shape index (κ1) is 7.19. The molecular weight excluding hydrogens is 146 g/mol. The zero-order chi connectivity index (χ0) is 7.78. The molecule has 7 nitrogen and oxygen atoms in total. The van der Waals surface area contributed by atoms with Gasteiger partial charge in [-0.25, -0.2) is 0 Å². The summed E-state index contributed by atoms with van der Waals surface area (Å²) in [7, 11) is 0. The van der Waals surface area contributed by atoms with Crippen LogP contribution < -0.4 is 0 Å². The first-order valence-corrected chi connectivity index (χ1v) is 2.75. The Hall–Kier alpha value is -1.92. The summed E-state index contributed by atoms with van der Waals surface area (Å²) in [6, 6.07) is 0. The van der Waals surface area contributed by atoms with E-state index in [9.17, 15) is 0 Å². The van der Waals surface area contributed by atoms with Crippen LogP contribution in [0.2, 0.25) is 0 Å². The topological polar surface area (TPSA) is 93.1 Å². The molecule has 7 heteroatoms. The van der Waals surface area contributed by atoms with Gasteiger partial charge in [0.2, 0.25) is 0 Å². The minimum absolute atomic E-state index is 1.47. The summed E-state index contributed by atoms with van der Waals surface area (Å²) in [6.45, 7) is 0. The lowest BCUT2D eigenvalue weighted by Gasteiger charge is -1.67. The highest BCUT2D eigenvalue weighted by Crippen LogP contribution is 1.55. The van der Waals surface area contributed by atoms with Crippen LogP contribution in [0.15, 0.2) is 24.8 Å². The van der Waals surface area contributed by atoms with Crippen LogP contribution in [0.3, 0.4) is 0 Å². The van der Waals surface area contributed by atoms with E-state index < -0.39 is 0 Å². The average molecular weight is 151 g/mol. The van der Waals surface area contributed by atoms with E-state index in [4.69, 9.17) is 0 Å². The zero-order valence-corrected chi connectivity index (χ0v) is 5.49. The van der Waals surface area contributed by atoms with Crippen LogP contribution in [0.4, 0.5) is 0 Å². The molecule has 0 aliphatic rings. The third-order valence-electron chi connectivity index (χ3n) is 0.674. The second kappa shape index (κ2) is 4.91. The van der Waals surface area contributed by atoms with Crippen molar-refractivity contribution in [1.29, 1.82) is 0 Å². The molecular formula is C4H5N7. The number of H-pyrrole nitrogens is 1. The molecule has 2 aromatic heterocycles. The van der Waals surface area contributed by atoms with Gasteiger partial charge in [-0.1, -0.05) is 0 Å². The Morgan fingerprint density at radius 1 is 0.727 bits per heavy atom. The van der Waals surface area contributed by atoms with Crippen LogP contribution in [-0.2, 0) is 0 Å². The predicted molar refractivity (Wildman–Crippen MR) is 34.0 cm³/mol. The first-order valence-electron chi connectivity index (χ1n) is 2.75. The Morgan fingerprint density at radius 3 is 1.45 bits per heavy atom.